The summed E-state index contributed by atoms with van der Waals surface area (Å²) in [4.78, 5) is 21.7. The zero-order valence-electron chi connectivity index (χ0n) is 14.7. The highest BCUT2D eigenvalue weighted by atomic mass is 35.5. The van der Waals surface area contributed by atoms with Crippen LogP contribution in [0, 0.1) is 5.92 Å². The van der Waals surface area contributed by atoms with E-state index in [9.17, 15) is 9.90 Å². The number of aromatic nitrogens is 2. The van der Waals surface area contributed by atoms with Gasteiger partial charge in [0, 0.05) is 34.2 Å². The summed E-state index contributed by atoms with van der Waals surface area (Å²) in [6.45, 7) is 1.77. The van der Waals surface area contributed by atoms with Crippen molar-refractivity contribution in [3.05, 3.63) is 70.3 Å². The van der Waals surface area contributed by atoms with Crippen molar-refractivity contribution in [2.45, 2.75) is 13.3 Å². The molecular formula is C21H18Cl2N2O2. The van der Waals surface area contributed by atoms with Gasteiger partial charge >= 0.3 is 0 Å². The Labute approximate surface area is 167 Å². The number of carbonyl (C=O) groups is 1. The Morgan fingerprint density at radius 1 is 0.963 bits per heavy atom. The molecule has 0 unspecified atom stereocenters. The molecule has 0 spiro atoms. The molecule has 1 heterocycles. The van der Waals surface area contributed by atoms with Crippen molar-refractivity contribution in [3.63, 3.8) is 0 Å². The Kier molecular flexibility index (Phi) is 6.22. The highest BCUT2D eigenvalue weighted by Crippen LogP contribution is 2.25. The molecule has 1 aromatic heterocycles. The summed E-state index contributed by atoms with van der Waals surface area (Å²) in [7, 11) is 0. The average molecular weight is 401 g/mol. The van der Waals surface area contributed by atoms with Crippen LogP contribution < -0.4 is 0 Å². The van der Waals surface area contributed by atoms with Gasteiger partial charge in [0.15, 0.2) is 11.6 Å². The number of nitrogens with zero attached hydrogens (tertiary/aromatic N) is 2. The lowest BCUT2D eigenvalue weighted by Crippen LogP contribution is -2.12. The second-order valence-corrected chi connectivity index (χ2v) is 7.26. The van der Waals surface area contributed by atoms with E-state index in [0.717, 1.165) is 11.1 Å². The van der Waals surface area contributed by atoms with E-state index in [4.69, 9.17) is 23.2 Å². The Balaban J connectivity index is 2.08. The zero-order chi connectivity index (χ0) is 19.4. The van der Waals surface area contributed by atoms with Gasteiger partial charge in [0.2, 0.25) is 0 Å². The van der Waals surface area contributed by atoms with Crippen molar-refractivity contribution in [2.24, 2.45) is 5.92 Å². The number of halogens is 2. The first-order chi connectivity index (χ1) is 13.0. The van der Waals surface area contributed by atoms with Crippen molar-refractivity contribution >= 4 is 29.0 Å². The van der Waals surface area contributed by atoms with E-state index in [1.807, 2.05) is 31.2 Å². The highest BCUT2D eigenvalue weighted by molar-refractivity contribution is 6.30. The smallest absolute Gasteiger partial charge is 0.181 e. The molecule has 0 saturated carbocycles. The van der Waals surface area contributed by atoms with Gasteiger partial charge in [-0.3, -0.25) is 4.79 Å². The van der Waals surface area contributed by atoms with Crippen LogP contribution in [0.4, 0.5) is 0 Å². The summed E-state index contributed by atoms with van der Waals surface area (Å²) in [5, 5.41) is 10.5. The molecule has 4 nitrogen and oxygen atoms in total. The number of aliphatic hydroxyl groups is 1. The normalized spacial score (nSPS) is 12.0. The van der Waals surface area contributed by atoms with Crippen molar-refractivity contribution in [2.75, 3.05) is 6.61 Å². The van der Waals surface area contributed by atoms with Crippen LogP contribution in [0.5, 0.6) is 0 Å². The van der Waals surface area contributed by atoms with Crippen LogP contribution in [0.25, 0.3) is 22.6 Å². The third-order valence-electron chi connectivity index (χ3n) is 4.10. The van der Waals surface area contributed by atoms with E-state index in [2.05, 4.69) is 9.97 Å². The maximum absolute atomic E-state index is 12.6. The molecule has 0 bridgehead atoms. The van der Waals surface area contributed by atoms with Crippen LogP contribution in [0.3, 0.4) is 0 Å². The number of hydrogen-bond donors (Lipinski definition) is 1. The minimum absolute atomic E-state index is 0.0507. The number of Topliss-reactive ketones (excluding diaryl/α,β-unsaturated/α-hetero) is 1. The fourth-order valence-electron chi connectivity index (χ4n) is 2.57. The van der Waals surface area contributed by atoms with Crippen LogP contribution in [-0.4, -0.2) is 27.5 Å². The van der Waals surface area contributed by atoms with Gasteiger partial charge in [-0.1, -0.05) is 42.3 Å². The highest BCUT2D eigenvalue weighted by Gasteiger charge is 2.16. The van der Waals surface area contributed by atoms with Gasteiger partial charge in [-0.05, 0) is 48.4 Å². The van der Waals surface area contributed by atoms with Crippen molar-refractivity contribution in [3.8, 4) is 22.6 Å². The lowest BCUT2D eigenvalue weighted by atomic mass is 10.0. The quantitative estimate of drug-likeness (QED) is 0.568. The Bertz CT molecular complexity index is 878. The van der Waals surface area contributed by atoms with Gasteiger partial charge in [0.1, 0.15) is 5.69 Å². The first-order valence-electron chi connectivity index (χ1n) is 8.51. The van der Waals surface area contributed by atoms with E-state index in [1.165, 1.54) is 0 Å². The van der Waals surface area contributed by atoms with Crippen LogP contribution in [0.15, 0.2) is 54.6 Å². The van der Waals surface area contributed by atoms with Crippen LogP contribution in [-0.2, 0) is 0 Å². The Hall–Kier alpha value is -2.27. The van der Waals surface area contributed by atoms with E-state index in [-0.39, 0.29) is 24.7 Å². The number of ketones is 1. The van der Waals surface area contributed by atoms with Gasteiger partial charge in [-0.15, -0.1) is 0 Å². The van der Waals surface area contributed by atoms with Crippen LogP contribution >= 0.6 is 23.2 Å². The SMILES string of the molecule is C[C@@H](CO)CC(=O)c1cc(-c2ccc(Cl)cc2)nc(-c2ccc(Cl)cc2)n1. The predicted octanol–water partition coefficient (Wildman–Crippen LogP) is 5.32. The molecule has 27 heavy (non-hydrogen) atoms. The molecule has 1 N–H and O–H groups in total. The molecule has 0 aliphatic rings. The monoisotopic (exact) mass is 400 g/mol. The molecule has 0 radical (unpaired) electrons. The average Bonchev–Trinajstić information content (AvgIpc) is 2.68. The summed E-state index contributed by atoms with van der Waals surface area (Å²) < 4.78 is 0. The van der Waals surface area contributed by atoms with Crippen molar-refractivity contribution in [1.29, 1.82) is 0 Å². The number of aliphatic hydroxyl groups excluding tert-OH is 1. The van der Waals surface area contributed by atoms with Crippen LogP contribution in [0.2, 0.25) is 10.0 Å². The largest absolute Gasteiger partial charge is 0.396 e. The minimum Gasteiger partial charge on any atom is -0.396 e. The Morgan fingerprint density at radius 3 is 2.07 bits per heavy atom. The van der Waals surface area contributed by atoms with Crippen LogP contribution in [0.1, 0.15) is 23.8 Å². The maximum atomic E-state index is 12.6. The van der Waals surface area contributed by atoms with E-state index in [0.29, 0.717) is 27.3 Å². The number of benzene rings is 2. The molecule has 0 saturated heterocycles. The molecule has 138 valence electrons. The maximum Gasteiger partial charge on any atom is 0.181 e. The molecule has 0 fully saturated rings. The summed E-state index contributed by atoms with van der Waals surface area (Å²) in [6.07, 6.45) is 0.216. The second-order valence-electron chi connectivity index (χ2n) is 6.39. The summed E-state index contributed by atoms with van der Waals surface area (Å²) in [6, 6.07) is 16.1. The second kappa shape index (κ2) is 8.61. The van der Waals surface area contributed by atoms with Gasteiger partial charge in [0.25, 0.3) is 0 Å². The molecular weight excluding hydrogens is 383 g/mol. The zero-order valence-corrected chi connectivity index (χ0v) is 16.2. The Morgan fingerprint density at radius 2 is 1.52 bits per heavy atom. The summed E-state index contributed by atoms with van der Waals surface area (Å²) >= 11 is 11.9. The lowest BCUT2D eigenvalue weighted by molar-refractivity contribution is 0.0938. The lowest BCUT2D eigenvalue weighted by Gasteiger charge is -2.10. The first kappa shape index (κ1) is 19.5. The number of carbonyl (C=O) groups excluding carboxylic acids is 1. The standard InChI is InChI=1S/C21H18Cl2N2O2/c1-13(12-26)10-20(27)19-11-18(14-2-6-16(22)7-3-14)24-21(25-19)15-4-8-17(23)9-5-15/h2-9,11,13,26H,10,12H2,1H3/t13-/m1/s1. The molecule has 6 heteroatoms. The van der Waals surface area contributed by atoms with Gasteiger partial charge in [-0.2, -0.15) is 0 Å². The van der Waals surface area contributed by atoms with Gasteiger partial charge in [0.05, 0.1) is 5.69 Å². The number of rotatable bonds is 6. The first-order valence-corrected chi connectivity index (χ1v) is 9.27. The summed E-state index contributed by atoms with van der Waals surface area (Å²) in [5.41, 5.74) is 2.55. The van der Waals surface area contributed by atoms with Crippen molar-refractivity contribution in [1.82, 2.24) is 9.97 Å². The molecule has 1 atom stereocenters. The van der Waals surface area contributed by atoms with E-state index >= 15 is 0 Å². The molecule has 2 aromatic carbocycles. The van der Waals surface area contributed by atoms with Gasteiger partial charge < -0.3 is 5.11 Å². The molecule has 0 aliphatic heterocycles. The fourth-order valence-corrected chi connectivity index (χ4v) is 2.82. The number of hydrogen-bond acceptors (Lipinski definition) is 4. The van der Waals surface area contributed by atoms with Crippen molar-refractivity contribution < 1.29 is 9.90 Å². The third kappa shape index (κ3) is 4.92. The molecule has 0 amide bonds. The topological polar surface area (TPSA) is 63.1 Å². The molecule has 0 aliphatic carbocycles. The molecule has 3 rings (SSSR count). The predicted molar refractivity (Wildman–Crippen MR) is 108 cm³/mol. The van der Waals surface area contributed by atoms with Gasteiger partial charge in [-0.25, -0.2) is 9.97 Å². The molecule has 3 aromatic rings. The summed E-state index contributed by atoms with van der Waals surface area (Å²) in [5.74, 6) is 0.175. The fraction of sp³-hybridized carbons (Fsp3) is 0.190. The van der Waals surface area contributed by atoms with E-state index in [1.54, 1.807) is 30.3 Å². The van der Waals surface area contributed by atoms with E-state index < -0.39 is 0 Å². The third-order valence-corrected chi connectivity index (χ3v) is 4.60. The minimum atomic E-state index is -0.135.